The molecule has 0 aliphatic heterocycles. The van der Waals surface area contributed by atoms with Crippen LogP contribution in [0.1, 0.15) is 15.9 Å². The number of benzene rings is 2. The van der Waals surface area contributed by atoms with Crippen LogP contribution in [0.15, 0.2) is 54.6 Å². The van der Waals surface area contributed by atoms with Crippen LogP contribution in [0.4, 0.5) is 0 Å². The molecular formula is C15H10BIO. The zero-order chi connectivity index (χ0) is 13.0. The first-order valence-electron chi connectivity index (χ1n) is 5.49. The number of hydrogen-bond donors (Lipinski definition) is 0. The number of rotatable bonds is 3. The van der Waals surface area contributed by atoms with E-state index in [9.17, 15) is 4.79 Å². The molecule has 0 atom stereocenters. The summed E-state index contributed by atoms with van der Waals surface area (Å²) in [5.41, 5.74) is 2.32. The minimum atomic E-state index is -0.0199. The molecule has 18 heavy (non-hydrogen) atoms. The minimum Gasteiger partial charge on any atom is -0.289 e. The summed E-state index contributed by atoms with van der Waals surface area (Å²) in [5, 5.41) is 0. The first-order chi connectivity index (χ1) is 8.65. The number of carbonyl (C=O) groups excluding carboxylic acids is 1. The molecule has 1 nitrogen and oxygen atoms in total. The van der Waals surface area contributed by atoms with Gasteiger partial charge < -0.3 is 0 Å². The van der Waals surface area contributed by atoms with Crippen LogP contribution in [-0.2, 0) is 0 Å². The second kappa shape index (κ2) is 6.00. The molecular weight excluding hydrogens is 334 g/mol. The number of ketones is 1. The Kier molecular flexibility index (Phi) is 4.36. The van der Waals surface area contributed by atoms with Gasteiger partial charge in [-0.2, -0.15) is 0 Å². The molecule has 2 radical (unpaired) electrons. The fraction of sp³-hybridized carbons (Fsp3) is 0. The summed E-state index contributed by atoms with van der Waals surface area (Å²) in [6, 6.07) is 14.9. The van der Waals surface area contributed by atoms with E-state index in [0.29, 0.717) is 11.0 Å². The molecule has 86 valence electrons. The SMILES string of the molecule is [B]c1ccc(C(=O)/C=C/c2ccc(I)cc2)cc1. The van der Waals surface area contributed by atoms with Crippen molar-refractivity contribution in [2.45, 2.75) is 0 Å². The van der Waals surface area contributed by atoms with Gasteiger partial charge in [-0.15, -0.1) is 0 Å². The maximum atomic E-state index is 11.9. The first-order valence-corrected chi connectivity index (χ1v) is 6.56. The third kappa shape index (κ3) is 3.57. The van der Waals surface area contributed by atoms with Gasteiger partial charge in [0.15, 0.2) is 5.78 Å². The number of hydrogen-bond acceptors (Lipinski definition) is 1. The zero-order valence-corrected chi connectivity index (χ0v) is 11.8. The van der Waals surface area contributed by atoms with Gasteiger partial charge in [-0.3, -0.25) is 4.79 Å². The van der Waals surface area contributed by atoms with E-state index in [-0.39, 0.29) is 5.78 Å². The lowest BCUT2D eigenvalue weighted by atomic mass is 9.94. The zero-order valence-electron chi connectivity index (χ0n) is 9.64. The monoisotopic (exact) mass is 344 g/mol. The van der Waals surface area contributed by atoms with Crippen molar-refractivity contribution < 1.29 is 4.79 Å². The van der Waals surface area contributed by atoms with E-state index in [2.05, 4.69) is 22.6 Å². The van der Waals surface area contributed by atoms with Gasteiger partial charge in [0, 0.05) is 9.13 Å². The molecule has 0 heterocycles. The normalized spacial score (nSPS) is 10.7. The minimum absolute atomic E-state index is 0.0199. The Balaban J connectivity index is 2.11. The molecule has 0 saturated carbocycles. The van der Waals surface area contributed by atoms with Crippen LogP contribution in [0.3, 0.4) is 0 Å². The van der Waals surface area contributed by atoms with Crippen molar-refractivity contribution in [3.8, 4) is 0 Å². The average molecular weight is 344 g/mol. The van der Waals surface area contributed by atoms with Crippen LogP contribution >= 0.6 is 22.6 Å². The molecule has 0 bridgehead atoms. The topological polar surface area (TPSA) is 17.1 Å². The maximum Gasteiger partial charge on any atom is 0.185 e. The average Bonchev–Trinajstić information content (AvgIpc) is 2.38. The van der Waals surface area contributed by atoms with E-state index in [0.717, 1.165) is 5.56 Å². The first kappa shape index (κ1) is 13.1. The Morgan fingerprint density at radius 3 is 2.22 bits per heavy atom. The van der Waals surface area contributed by atoms with Gasteiger partial charge in [-0.1, -0.05) is 47.9 Å². The van der Waals surface area contributed by atoms with Crippen LogP contribution < -0.4 is 5.46 Å². The van der Waals surface area contributed by atoms with E-state index >= 15 is 0 Å². The Morgan fingerprint density at radius 1 is 1.00 bits per heavy atom. The highest BCUT2D eigenvalue weighted by molar-refractivity contribution is 14.1. The van der Waals surface area contributed by atoms with Crippen LogP contribution in [0.2, 0.25) is 0 Å². The molecule has 2 rings (SSSR count). The molecule has 0 aliphatic carbocycles. The molecule has 0 fully saturated rings. The molecule has 0 unspecified atom stereocenters. The van der Waals surface area contributed by atoms with Crippen molar-refractivity contribution in [1.29, 1.82) is 0 Å². The summed E-state index contributed by atoms with van der Waals surface area (Å²) < 4.78 is 1.18. The highest BCUT2D eigenvalue weighted by atomic mass is 127. The predicted octanol–water partition coefficient (Wildman–Crippen LogP) is 2.98. The van der Waals surface area contributed by atoms with Crippen molar-refractivity contribution in [3.05, 3.63) is 69.3 Å². The third-order valence-corrected chi connectivity index (χ3v) is 3.21. The van der Waals surface area contributed by atoms with Gasteiger partial charge in [0.1, 0.15) is 7.85 Å². The van der Waals surface area contributed by atoms with Crippen LogP contribution in [0.25, 0.3) is 6.08 Å². The van der Waals surface area contributed by atoms with Gasteiger partial charge in [0.05, 0.1) is 0 Å². The van der Waals surface area contributed by atoms with E-state index in [4.69, 9.17) is 7.85 Å². The predicted molar refractivity (Wildman–Crippen MR) is 84.4 cm³/mol. The molecule has 0 N–H and O–H groups in total. The van der Waals surface area contributed by atoms with E-state index < -0.39 is 0 Å². The van der Waals surface area contributed by atoms with Crippen LogP contribution in [0.5, 0.6) is 0 Å². The smallest absolute Gasteiger partial charge is 0.185 e. The Bertz CT molecular complexity index is 570. The Morgan fingerprint density at radius 2 is 1.61 bits per heavy atom. The molecule has 0 aromatic heterocycles. The van der Waals surface area contributed by atoms with Crippen molar-refractivity contribution >= 4 is 47.8 Å². The summed E-state index contributed by atoms with van der Waals surface area (Å²) in [6.07, 6.45) is 3.39. The van der Waals surface area contributed by atoms with Gasteiger partial charge in [0.25, 0.3) is 0 Å². The van der Waals surface area contributed by atoms with Gasteiger partial charge in [-0.25, -0.2) is 0 Å². The van der Waals surface area contributed by atoms with Crippen molar-refractivity contribution in [3.63, 3.8) is 0 Å². The van der Waals surface area contributed by atoms with Gasteiger partial charge in [0.2, 0.25) is 0 Å². The quantitative estimate of drug-likeness (QED) is 0.362. The molecule has 2 aromatic carbocycles. The fourth-order valence-electron chi connectivity index (χ4n) is 1.49. The summed E-state index contributed by atoms with van der Waals surface area (Å²) in [5.74, 6) is -0.0199. The highest BCUT2D eigenvalue weighted by Gasteiger charge is 2.00. The number of halogens is 1. The second-order valence-electron chi connectivity index (χ2n) is 3.87. The Hall–Kier alpha value is -1.36. The molecule has 0 saturated heterocycles. The summed E-state index contributed by atoms with van der Waals surface area (Å²) in [4.78, 5) is 11.9. The summed E-state index contributed by atoms with van der Waals surface area (Å²) >= 11 is 2.25. The van der Waals surface area contributed by atoms with E-state index in [1.807, 2.05) is 30.3 Å². The van der Waals surface area contributed by atoms with Crippen LogP contribution in [-0.4, -0.2) is 13.6 Å². The Labute approximate surface area is 121 Å². The summed E-state index contributed by atoms with van der Waals surface area (Å²) in [7, 11) is 5.58. The van der Waals surface area contributed by atoms with E-state index in [1.165, 1.54) is 3.57 Å². The van der Waals surface area contributed by atoms with Crippen molar-refractivity contribution in [1.82, 2.24) is 0 Å². The van der Waals surface area contributed by atoms with Crippen molar-refractivity contribution in [2.75, 3.05) is 0 Å². The summed E-state index contributed by atoms with van der Waals surface area (Å²) in [6.45, 7) is 0. The van der Waals surface area contributed by atoms with Gasteiger partial charge >= 0.3 is 0 Å². The lowest BCUT2D eigenvalue weighted by Crippen LogP contribution is -2.02. The third-order valence-electron chi connectivity index (χ3n) is 2.49. The van der Waals surface area contributed by atoms with Crippen molar-refractivity contribution in [2.24, 2.45) is 0 Å². The molecule has 0 spiro atoms. The standard InChI is InChI=1S/C15H10BIO/c16-13-6-4-12(5-7-13)15(18)10-3-11-1-8-14(17)9-2-11/h1-10H/b10-3+. The maximum absolute atomic E-state index is 11.9. The highest BCUT2D eigenvalue weighted by Crippen LogP contribution is 2.09. The second-order valence-corrected chi connectivity index (χ2v) is 5.12. The number of allylic oxidation sites excluding steroid dienone is 1. The molecule has 2 aromatic rings. The molecule has 3 heteroatoms. The van der Waals surface area contributed by atoms with Gasteiger partial charge in [-0.05, 0) is 46.4 Å². The molecule has 0 amide bonds. The lowest BCUT2D eigenvalue weighted by Gasteiger charge is -1.97. The largest absolute Gasteiger partial charge is 0.289 e. The fourth-order valence-corrected chi connectivity index (χ4v) is 1.85. The van der Waals surface area contributed by atoms with Crippen LogP contribution in [0, 0.1) is 3.57 Å². The lowest BCUT2D eigenvalue weighted by molar-refractivity contribution is 0.104. The van der Waals surface area contributed by atoms with E-state index in [1.54, 1.807) is 30.3 Å². The number of carbonyl (C=O) groups is 1. The molecule has 0 aliphatic rings.